The number of esters is 1. The monoisotopic (exact) mass is 182 g/mol. The molecule has 0 spiro atoms. The SMILES string of the molecule is COC(=O)c1coc(C)c(C)c1=O. The van der Waals surface area contributed by atoms with E-state index >= 15 is 0 Å². The lowest BCUT2D eigenvalue weighted by atomic mass is 10.2. The van der Waals surface area contributed by atoms with E-state index in [2.05, 4.69) is 4.74 Å². The average Bonchev–Trinajstić information content (AvgIpc) is 2.13. The molecule has 13 heavy (non-hydrogen) atoms. The Hall–Kier alpha value is -1.58. The highest BCUT2D eigenvalue weighted by molar-refractivity contribution is 5.88. The van der Waals surface area contributed by atoms with Crippen molar-refractivity contribution in [3.63, 3.8) is 0 Å². The third kappa shape index (κ3) is 1.61. The first-order chi connectivity index (χ1) is 6.07. The van der Waals surface area contributed by atoms with Gasteiger partial charge in [0.2, 0.25) is 5.43 Å². The van der Waals surface area contributed by atoms with E-state index in [1.165, 1.54) is 7.11 Å². The Balaban J connectivity index is 3.35. The predicted octanol–water partition coefficient (Wildman–Crippen LogP) is 1.04. The van der Waals surface area contributed by atoms with Crippen LogP contribution in [0.3, 0.4) is 0 Å². The van der Waals surface area contributed by atoms with Crippen LogP contribution in [0.15, 0.2) is 15.5 Å². The highest BCUT2D eigenvalue weighted by atomic mass is 16.5. The summed E-state index contributed by atoms with van der Waals surface area (Å²) in [6.07, 6.45) is 1.12. The maximum absolute atomic E-state index is 11.4. The fraction of sp³-hybridized carbons (Fsp3) is 0.333. The number of hydrogen-bond donors (Lipinski definition) is 0. The van der Waals surface area contributed by atoms with Gasteiger partial charge in [0.05, 0.1) is 7.11 Å². The van der Waals surface area contributed by atoms with Crippen LogP contribution in [0.5, 0.6) is 0 Å². The number of carbonyl (C=O) groups is 1. The quantitative estimate of drug-likeness (QED) is 0.609. The molecule has 4 heteroatoms. The second-order valence-corrected chi connectivity index (χ2v) is 2.65. The van der Waals surface area contributed by atoms with Crippen molar-refractivity contribution in [2.75, 3.05) is 7.11 Å². The number of ether oxygens (including phenoxy) is 1. The fourth-order valence-corrected chi connectivity index (χ4v) is 0.902. The number of aryl methyl sites for hydroxylation is 1. The molecule has 4 nitrogen and oxygen atoms in total. The molecular formula is C9H10O4. The number of methoxy groups -OCH3 is 1. The molecular weight excluding hydrogens is 172 g/mol. The van der Waals surface area contributed by atoms with Crippen LogP contribution in [0.25, 0.3) is 0 Å². The van der Waals surface area contributed by atoms with Gasteiger partial charge in [-0.25, -0.2) is 4.79 Å². The highest BCUT2D eigenvalue weighted by Gasteiger charge is 2.14. The normalized spacial score (nSPS) is 9.77. The van der Waals surface area contributed by atoms with Crippen LogP contribution in [0.4, 0.5) is 0 Å². The number of hydrogen-bond acceptors (Lipinski definition) is 4. The summed E-state index contributed by atoms with van der Waals surface area (Å²) in [5.74, 6) is -0.158. The first-order valence-electron chi connectivity index (χ1n) is 3.75. The van der Waals surface area contributed by atoms with E-state index in [1.54, 1.807) is 13.8 Å². The van der Waals surface area contributed by atoms with Crippen molar-refractivity contribution in [3.05, 3.63) is 33.4 Å². The Morgan fingerprint density at radius 2 is 2.08 bits per heavy atom. The first kappa shape index (κ1) is 9.51. The van der Waals surface area contributed by atoms with E-state index in [0.29, 0.717) is 11.3 Å². The first-order valence-corrected chi connectivity index (χ1v) is 3.75. The standard InChI is InChI=1S/C9H10O4/c1-5-6(2)13-4-7(8(5)10)9(11)12-3/h4H,1-3H3. The minimum absolute atomic E-state index is 0.0643. The van der Waals surface area contributed by atoms with E-state index in [9.17, 15) is 9.59 Å². The molecule has 1 aromatic heterocycles. The summed E-state index contributed by atoms with van der Waals surface area (Å²) in [6, 6.07) is 0. The highest BCUT2D eigenvalue weighted by Crippen LogP contribution is 2.03. The summed E-state index contributed by atoms with van der Waals surface area (Å²) < 4.78 is 9.41. The van der Waals surface area contributed by atoms with Gasteiger partial charge in [-0.1, -0.05) is 0 Å². The van der Waals surface area contributed by atoms with Gasteiger partial charge in [0.15, 0.2) is 0 Å². The molecule has 1 heterocycles. The predicted molar refractivity (Wildman–Crippen MR) is 45.8 cm³/mol. The molecule has 1 rings (SSSR count). The lowest BCUT2D eigenvalue weighted by molar-refractivity contribution is 0.0596. The maximum Gasteiger partial charge on any atom is 0.345 e. The zero-order chi connectivity index (χ0) is 10.0. The molecule has 70 valence electrons. The van der Waals surface area contributed by atoms with Gasteiger partial charge in [-0.15, -0.1) is 0 Å². The van der Waals surface area contributed by atoms with Crippen molar-refractivity contribution >= 4 is 5.97 Å². The summed E-state index contributed by atoms with van der Waals surface area (Å²) >= 11 is 0. The van der Waals surface area contributed by atoms with Crippen molar-refractivity contribution in [2.24, 2.45) is 0 Å². The number of rotatable bonds is 1. The molecule has 0 amide bonds. The summed E-state index contributed by atoms with van der Waals surface area (Å²) in [6.45, 7) is 3.27. The summed E-state index contributed by atoms with van der Waals surface area (Å²) in [5.41, 5.74) is 0.0316. The largest absolute Gasteiger partial charge is 0.468 e. The smallest absolute Gasteiger partial charge is 0.345 e. The molecule has 0 aliphatic heterocycles. The van der Waals surface area contributed by atoms with Crippen molar-refractivity contribution in [2.45, 2.75) is 13.8 Å². The van der Waals surface area contributed by atoms with Gasteiger partial charge in [0.1, 0.15) is 17.6 Å². The minimum atomic E-state index is -0.670. The van der Waals surface area contributed by atoms with Gasteiger partial charge in [0.25, 0.3) is 0 Å². The van der Waals surface area contributed by atoms with Crippen LogP contribution in [0.2, 0.25) is 0 Å². The Morgan fingerprint density at radius 3 is 2.62 bits per heavy atom. The molecule has 0 atom stereocenters. The van der Waals surface area contributed by atoms with Crippen LogP contribution in [-0.2, 0) is 4.74 Å². The molecule has 0 aliphatic rings. The van der Waals surface area contributed by atoms with Crippen LogP contribution < -0.4 is 5.43 Å². The Bertz CT molecular complexity index is 389. The van der Waals surface area contributed by atoms with Crippen molar-refractivity contribution in [1.29, 1.82) is 0 Å². The van der Waals surface area contributed by atoms with E-state index in [0.717, 1.165) is 6.26 Å². The zero-order valence-electron chi connectivity index (χ0n) is 7.71. The van der Waals surface area contributed by atoms with Gasteiger partial charge in [-0.05, 0) is 13.8 Å². The second kappa shape index (κ2) is 3.43. The van der Waals surface area contributed by atoms with Crippen molar-refractivity contribution < 1.29 is 13.9 Å². The van der Waals surface area contributed by atoms with E-state index in [4.69, 9.17) is 4.42 Å². The number of carbonyl (C=O) groups excluding carboxylic acids is 1. The van der Waals surface area contributed by atoms with Crippen molar-refractivity contribution in [3.8, 4) is 0 Å². The summed E-state index contributed by atoms with van der Waals surface area (Å²) in [5, 5.41) is 0. The molecule has 0 bridgehead atoms. The molecule has 0 saturated heterocycles. The third-order valence-corrected chi connectivity index (χ3v) is 1.87. The molecule has 0 aliphatic carbocycles. The molecule has 0 fully saturated rings. The Kier molecular flexibility index (Phi) is 2.51. The summed E-state index contributed by atoms with van der Waals surface area (Å²) in [7, 11) is 1.22. The van der Waals surface area contributed by atoms with E-state index < -0.39 is 5.97 Å². The molecule has 0 radical (unpaired) electrons. The topological polar surface area (TPSA) is 56.5 Å². The maximum atomic E-state index is 11.4. The minimum Gasteiger partial charge on any atom is -0.468 e. The third-order valence-electron chi connectivity index (χ3n) is 1.87. The molecule has 0 aromatic carbocycles. The lowest BCUT2D eigenvalue weighted by Crippen LogP contribution is -2.18. The van der Waals surface area contributed by atoms with E-state index in [1.807, 2.05) is 0 Å². The lowest BCUT2D eigenvalue weighted by Gasteiger charge is -2.00. The van der Waals surface area contributed by atoms with Gasteiger partial charge in [-0.2, -0.15) is 0 Å². The van der Waals surface area contributed by atoms with Crippen LogP contribution in [0, 0.1) is 13.8 Å². The Morgan fingerprint density at radius 1 is 1.46 bits per heavy atom. The summed E-state index contributed by atoms with van der Waals surface area (Å²) in [4.78, 5) is 22.4. The zero-order valence-corrected chi connectivity index (χ0v) is 7.71. The Labute approximate surface area is 75.1 Å². The van der Waals surface area contributed by atoms with Crippen LogP contribution in [-0.4, -0.2) is 13.1 Å². The molecule has 0 unspecified atom stereocenters. The van der Waals surface area contributed by atoms with Gasteiger partial charge in [0, 0.05) is 5.56 Å². The molecule has 0 N–H and O–H groups in total. The van der Waals surface area contributed by atoms with Crippen LogP contribution in [0.1, 0.15) is 21.7 Å². The van der Waals surface area contributed by atoms with Crippen molar-refractivity contribution in [1.82, 2.24) is 0 Å². The van der Waals surface area contributed by atoms with Gasteiger partial charge in [-0.3, -0.25) is 4.79 Å². The van der Waals surface area contributed by atoms with Gasteiger partial charge < -0.3 is 9.15 Å². The molecule has 0 saturated carbocycles. The van der Waals surface area contributed by atoms with E-state index in [-0.39, 0.29) is 11.0 Å². The fourth-order valence-electron chi connectivity index (χ4n) is 0.902. The van der Waals surface area contributed by atoms with Crippen LogP contribution >= 0.6 is 0 Å². The average molecular weight is 182 g/mol. The molecule has 1 aromatic rings. The second-order valence-electron chi connectivity index (χ2n) is 2.65. The van der Waals surface area contributed by atoms with Gasteiger partial charge >= 0.3 is 5.97 Å².